The summed E-state index contributed by atoms with van der Waals surface area (Å²) >= 11 is 0. The third-order valence-corrected chi connectivity index (χ3v) is 4.05. The first-order chi connectivity index (χ1) is 10.2. The lowest BCUT2D eigenvalue weighted by molar-refractivity contribution is 0.166. The second-order valence-corrected chi connectivity index (χ2v) is 5.66. The van der Waals surface area contributed by atoms with Gasteiger partial charge in [0.1, 0.15) is 0 Å². The van der Waals surface area contributed by atoms with Gasteiger partial charge in [-0.3, -0.25) is 4.90 Å². The second-order valence-electron chi connectivity index (χ2n) is 5.66. The van der Waals surface area contributed by atoms with Crippen molar-refractivity contribution < 1.29 is 0 Å². The Hall–Kier alpha value is -1.64. The van der Waals surface area contributed by atoms with Crippen LogP contribution in [-0.4, -0.2) is 24.0 Å². The van der Waals surface area contributed by atoms with Crippen molar-refractivity contribution in [2.45, 2.75) is 32.9 Å². The maximum atomic E-state index is 6.03. The summed E-state index contributed by atoms with van der Waals surface area (Å²) in [4.78, 5) is 2.44. The Balaban J connectivity index is 2.24. The molecule has 21 heavy (non-hydrogen) atoms. The number of hydrogen-bond donors (Lipinski definition) is 1. The molecule has 0 aliphatic carbocycles. The van der Waals surface area contributed by atoms with Gasteiger partial charge in [0.15, 0.2) is 0 Å². The van der Waals surface area contributed by atoms with Crippen LogP contribution in [0.3, 0.4) is 0 Å². The molecule has 2 nitrogen and oxygen atoms in total. The van der Waals surface area contributed by atoms with Crippen molar-refractivity contribution in [2.24, 2.45) is 5.73 Å². The normalized spacial score (nSPS) is 12.9. The van der Waals surface area contributed by atoms with Crippen molar-refractivity contribution in [3.63, 3.8) is 0 Å². The summed E-state index contributed by atoms with van der Waals surface area (Å²) in [6.07, 6.45) is 0. The van der Waals surface area contributed by atoms with Gasteiger partial charge in [0.2, 0.25) is 0 Å². The average Bonchev–Trinajstić information content (AvgIpc) is 2.53. The summed E-state index contributed by atoms with van der Waals surface area (Å²) in [6.45, 7) is 8.31. The zero-order valence-electron chi connectivity index (χ0n) is 13.3. The molecule has 0 saturated carbocycles. The first-order valence-electron chi connectivity index (χ1n) is 7.78. The van der Waals surface area contributed by atoms with Gasteiger partial charge in [0.25, 0.3) is 0 Å². The number of likely N-dealkylation sites (N-methyl/N-ethyl adjacent to an activating group) is 1. The van der Waals surface area contributed by atoms with Crippen LogP contribution in [0.25, 0.3) is 11.1 Å². The van der Waals surface area contributed by atoms with E-state index in [4.69, 9.17) is 5.73 Å². The molecule has 0 fully saturated rings. The molecule has 2 aromatic rings. The van der Waals surface area contributed by atoms with E-state index in [0.717, 1.165) is 6.54 Å². The lowest BCUT2D eigenvalue weighted by atomic mass is 9.99. The molecular formula is C19H26N2. The number of nitrogens with zero attached hydrogens (tertiary/aromatic N) is 1. The van der Waals surface area contributed by atoms with Crippen LogP contribution >= 0.6 is 0 Å². The largest absolute Gasteiger partial charge is 0.329 e. The van der Waals surface area contributed by atoms with E-state index in [1.165, 1.54) is 16.7 Å². The van der Waals surface area contributed by atoms with E-state index in [0.29, 0.717) is 18.6 Å². The van der Waals surface area contributed by atoms with Gasteiger partial charge in [-0.25, -0.2) is 0 Å². The molecule has 2 rings (SSSR count). The fraction of sp³-hybridized carbons (Fsp3) is 0.368. The third kappa shape index (κ3) is 3.72. The van der Waals surface area contributed by atoms with E-state index in [-0.39, 0.29) is 0 Å². The third-order valence-electron chi connectivity index (χ3n) is 4.05. The van der Waals surface area contributed by atoms with Crippen molar-refractivity contribution in [1.82, 2.24) is 4.90 Å². The lowest BCUT2D eigenvalue weighted by Gasteiger charge is -2.33. The predicted molar refractivity (Wildman–Crippen MR) is 91.2 cm³/mol. The summed E-state index contributed by atoms with van der Waals surface area (Å²) < 4.78 is 0. The van der Waals surface area contributed by atoms with E-state index < -0.39 is 0 Å². The molecule has 1 unspecified atom stereocenters. The molecule has 112 valence electrons. The zero-order chi connectivity index (χ0) is 15.2. The van der Waals surface area contributed by atoms with Crippen LogP contribution in [0.2, 0.25) is 0 Å². The summed E-state index contributed by atoms with van der Waals surface area (Å²) in [7, 11) is 0. The Morgan fingerprint density at radius 2 is 1.48 bits per heavy atom. The standard InChI is InChI=1S/C19H26N2/c1-4-21(15(2)3)19(14-20)18-12-10-17(11-13-18)16-8-6-5-7-9-16/h5-13,15,19H,4,14,20H2,1-3H3. The highest BCUT2D eigenvalue weighted by Crippen LogP contribution is 2.25. The molecule has 2 heteroatoms. The molecule has 0 saturated heterocycles. The highest BCUT2D eigenvalue weighted by atomic mass is 15.2. The van der Waals surface area contributed by atoms with Crippen molar-refractivity contribution >= 4 is 0 Å². The smallest absolute Gasteiger partial charge is 0.0473 e. The van der Waals surface area contributed by atoms with Crippen LogP contribution in [0, 0.1) is 0 Å². The number of nitrogens with two attached hydrogens (primary N) is 1. The molecule has 0 aromatic heterocycles. The molecule has 1 atom stereocenters. The number of hydrogen-bond acceptors (Lipinski definition) is 2. The van der Waals surface area contributed by atoms with E-state index >= 15 is 0 Å². The van der Waals surface area contributed by atoms with Gasteiger partial charge in [-0.15, -0.1) is 0 Å². The highest BCUT2D eigenvalue weighted by Gasteiger charge is 2.19. The van der Waals surface area contributed by atoms with Crippen LogP contribution in [0.5, 0.6) is 0 Å². The summed E-state index contributed by atoms with van der Waals surface area (Å²) in [5.74, 6) is 0. The topological polar surface area (TPSA) is 29.3 Å². The van der Waals surface area contributed by atoms with E-state index in [1.54, 1.807) is 0 Å². The lowest BCUT2D eigenvalue weighted by Crippen LogP contribution is -2.38. The molecule has 0 heterocycles. The van der Waals surface area contributed by atoms with Crippen molar-refractivity contribution in [3.8, 4) is 11.1 Å². The maximum absolute atomic E-state index is 6.03. The SMILES string of the molecule is CCN(C(C)C)C(CN)c1ccc(-c2ccccc2)cc1. The monoisotopic (exact) mass is 282 g/mol. The first-order valence-corrected chi connectivity index (χ1v) is 7.78. The highest BCUT2D eigenvalue weighted by molar-refractivity contribution is 5.63. The van der Waals surface area contributed by atoms with Crippen LogP contribution in [0.15, 0.2) is 54.6 Å². The van der Waals surface area contributed by atoms with Crippen molar-refractivity contribution in [3.05, 3.63) is 60.2 Å². The molecule has 0 aliphatic rings. The molecule has 0 radical (unpaired) electrons. The van der Waals surface area contributed by atoms with Crippen LogP contribution in [0.4, 0.5) is 0 Å². The molecule has 0 amide bonds. The Labute approximate surface area is 128 Å². The molecule has 2 N–H and O–H groups in total. The predicted octanol–water partition coefficient (Wildman–Crippen LogP) is 4.08. The van der Waals surface area contributed by atoms with E-state index in [2.05, 4.69) is 74.2 Å². The van der Waals surface area contributed by atoms with Crippen LogP contribution in [-0.2, 0) is 0 Å². The van der Waals surface area contributed by atoms with Gasteiger partial charge in [0.05, 0.1) is 0 Å². The molecular weight excluding hydrogens is 256 g/mol. The van der Waals surface area contributed by atoms with Gasteiger partial charge in [-0.05, 0) is 37.1 Å². The summed E-state index contributed by atoms with van der Waals surface area (Å²) in [5, 5.41) is 0. The second kappa shape index (κ2) is 7.39. The number of benzene rings is 2. The zero-order valence-corrected chi connectivity index (χ0v) is 13.3. The molecule has 0 bridgehead atoms. The van der Waals surface area contributed by atoms with Crippen LogP contribution in [0.1, 0.15) is 32.4 Å². The average molecular weight is 282 g/mol. The Morgan fingerprint density at radius 3 is 1.95 bits per heavy atom. The van der Waals surface area contributed by atoms with Crippen molar-refractivity contribution in [1.29, 1.82) is 0 Å². The van der Waals surface area contributed by atoms with E-state index in [1.807, 2.05) is 6.07 Å². The Morgan fingerprint density at radius 1 is 0.905 bits per heavy atom. The number of rotatable bonds is 6. The van der Waals surface area contributed by atoms with Gasteiger partial charge in [-0.1, -0.05) is 61.5 Å². The van der Waals surface area contributed by atoms with Gasteiger partial charge in [0, 0.05) is 18.6 Å². The quantitative estimate of drug-likeness (QED) is 0.865. The Bertz CT molecular complexity index is 531. The fourth-order valence-corrected chi connectivity index (χ4v) is 2.94. The summed E-state index contributed by atoms with van der Waals surface area (Å²) in [5.41, 5.74) is 9.83. The molecule has 2 aromatic carbocycles. The van der Waals surface area contributed by atoms with Gasteiger partial charge >= 0.3 is 0 Å². The minimum Gasteiger partial charge on any atom is -0.329 e. The first kappa shape index (κ1) is 15.7. The Kier molecular flexibility index (Phi) is 5.54. The maximum Gasteiger partial charge on any atom is 0.0473 e. The van der Waals surface area contributed by atoms with E-state index in [9.17, 15) is 0 Å². The minimum absolute atomic E-state index is 0.292. The minimum atomic E-state index is 0.292. The van der Waals surface area contributed by atoms with Crippen molar-refractivity contribution in [2.75, 3.05) is 13.1 Å². The fourth-order valence-electron chi connectivity index (χ4n) is 2.94. The molecule has 0 aliphatic heterocycles. The van der Waals surface area contributed by atoms with Crippen LogP contribution < -0.4 is 5.73 Å². The van der Waals surface area contributed by atoms with Gasteiger partial charge in [-0.2, -0.15) is 0 Å². The molecule has 0 spiro atoms. The van der Waals surface area contributed by atoms with Gasteiger partial charge < -0.3 is 5.73 Å². The summed E-state index contributed by atoms with van der Waals surface area (Å²) in [6, 6.07) is 20.1.